The molecule has 1 aromatic heterocycles. The van der Waals surface area contributed by atoms with Gasteiger partial charge < -0.3 is 25.3 Å². The van der Waals surface area contributed by atoms with Crippen LogP contribution in [0.3, 0.4) is 0 Å². The highest BCUT2D eigenvalue weighted by atomic mass is 35.5. The van der Waals surface area contributed by atoms with Crippen molar-refractivity contribution in [3.8, 4) is 17.4 Å². The van der Waals surface area contributed by atoms with E-state index in [1.54, 1.807) is 12.3 Å². The second-order valence-corrected chi connectivity index (χ2v) is 5.64. The molecule has 0 radical (unpaired) electrons. The Balaban J connectivity index is 0.00000364. The lowest BCUT2D eigenvalue weighted by molar-refractivity contribution is -0.123. The molecule has 7 nitrogen and oxygen atoms in total. The van der Waals surface area contributed by atoms with E-state index in [1.165, 1.54) is 7.11 Å². The van der Waals surface area contributed by atoms with Gasteiger partial charge in [0.1, 0.15) is 6.04 Å². The Kier molecular flexibility index (Phi) is 13.0. The van der Waals surface area contributed by atoms with Gasteiger partial charge >= 0.3 is 0 Å². The van der Waals surface area contributed by atoms with Crippen molar-refractivity contribution in [3.05, 3.63) is 48.2 Å². The number of rotatable bonds is 10. The summed E-state index contributed by atoms with van der Waals surface area (Å²) < 4.78 is 16.5. The van der Waals surface area contributed by atoms with Gasteiger partial charge in [0, 0.05) is 25.4 Å². The van der Waals surface area contributed by atoms with Crippen LogP contribution in [-0.2, 0) is 16.1 Å². The highest BCUT2D eigenvalue weighted by molar-refractivity contribution is 5.85. The van der Waals surface area contributed by atoms with Crippen molar-refractivity contribution in [2.75, 3.05) is 20.3 Å². The maximum absolute atomic E-state index is 12.0. The molecule has 2 aromatic rings. The molecule has 3 N–H and O–H groups in total. The lowest BCUT2D eigenvalue weighted by Crippen LogP contribution is -2.43. The fourth-order valence-electron chi connectivity index (χ4n) is 2.19. The molecule has 0 saturated carbocycles. The highest BCUT2D eigenvalue weighted by Crippen LogP contribution is 2.31. The van der Waals surface area contributed by atoms with Gasteiger partial charge in [-0.1, -0.05) is 25.1 Å². The second-order valence-electron chi connectivity index (χ2n) is 5.64. The van der Waals surface area contributed by atoms with Crippen LogP contribution in [0, 0.1) is 0 Å². The molecule has 1 unspecified atom stereocenters. The fourth-order valence-corrected chi connectivity index (χ4v) is 2.19. The van der Waals surface area contributed by atoms with Gasteiger partial charge in [0.05, 0.1) is 13.2 Å². The average Bonchev–Trinajstić information content (AvgIpc) is 2.66. The molecule has 2 rings (SSSR count). The first kappa shape index (κ1) is 25.9. The standard InChI is InChI=1S/C19H25N3O4.2ClH/c1-3-11-25-16-8-4-5-9-17(16)26-19-14(7-6-10-21-19)12-22-18(23)15(20)13-24-2;;/h4-10,15H,3,11-13,20H2,1-2H3,(H,22,23);2*1H. The first-order valence-electron chi connectivity index (χ1n) is 8.51. The molecule has 9 heteroatoms. The van der Waals surface area contributed by atoms with E-state index in [4.69, 9.17) is 19.9 Å². The van der Waals surface area contributed by atoms with E-state index in [0.717, 1.165) is 12.0 Å². The Morgan fingerprint density at radius 2 is 1.89 bits per heavy atom. The van der Waals surface area contributed by atoms with Gasteiger partial charge in [-0.2, -0.15) is 0 Å². The average molecular weight is 432 g/mol. The smallest absolute Gasteiger partial charge is 0.239 e. The maximum atomic E-state index is 12.0. The number of halogens is 2. The molecule has 0 bridgehead atoms. The molecule has 1 heterocycles. The van der Waals surface area contributed by atoms with Crippen molar-refractivity contribution in [2.24, 2.45) is 5.73 Å². The summed E-state index contributed by atoms with van der Waals surface area (Å²) in [6.45, 7) is 3.04. The van der Waals surface area contributed by atoms with Crippen molar-refractivity contribution in [1.82, 2.24) is 10.3 Å². The van der Waals surface area contributed by atoms with E-state index in [2.05, 4.69) is 10.3 Å². The number of nitrogens with zero attached hydrogens (tertiary/aromatic N) is 1. The molecular weight excluding hydrogens is 405 g/mol. The van der Waals surface area contributed by atoms with E-state index < -0.39 is 6.04 Å². The summed E-state index contributed by atoms with van der Waals surface area (Å²) in [7, 11) is 1.50. The van der Waals surface area contributed by atoms with Crippen LogP contribution >= 0.6 is 24.8 Å². The first-order valence-corrected chi connectivity index (χ1v) is 8.51. The summed E-state index contributed by atoms with van der Waals surface area (Å²) in [6.07, 6.45) is 2.53. The molecule has 0 fully saturated rings. The van der Waals surface area contributed by atoms with E-state index in [0.29, 0.717) is 24.0 Å². The Hall–Kier alpha value is -2.06. The molecule has 0 aliphatic carbocycles. The molecule has 0 saturated heterocycles. The molecule has 156 valence electrons. The quantitative estimate of drug-likeness (QED) is 0.599. The van der Waals surface area contributed by atoms with Gasteiger partial charge in [0.15, 0.2) is 11.5 Å². The predicted octanol–water partition coefficient (Wildman–Crippen LogP) is 3.10. The number of ether oxygens (including phenoxy) is 3. The summed E-state index contributed by atoms with van der Waals surface area (Å²) in [4.78, 5) is 16.2. The topological polar surface area (TPSA) is 95.7 Å². The van der Waals surface area contributed by atoms with Crippen LogP contribution in [0.15, 0.2) is 42.6 Å². The van der Waals surface area contributed by atoms with Gasteiger partial charge in [-0.05, 0) is 24.6 Å². The second kappa shape index (κ2) is 14.0. The van der Waals surface area contributed by atoms with E-state index >= 15 is 0 Å². The zero-order valence-electron chi connectivity index (χ0n) is 15.9. The number of hydrogen-bond acceptors (Lipinski definition) is 6. The molecule has 0 spiro atoms. The highest BCUT2D eigenvalue weighted by Gasteiger charge is 2.15. The van der Waals surface area contributed by atoms with Crippen molar-refractivity contribution in [2.45, 2.75) is 25.9 Å². The molecular formula is C19H27Cl2N3O4. The summed E-state index contributed by atoms with van der Waals surface area (Å²) >= 11 is 0. The van der Waals surface area contributed by atoms with Crippen molar-refractivity contribution >= 4 is 30.7 Å². The van der Waals surface area contributed by atoms with E-state index in [-0.39, 0.29) is 43.9 Å². The Bertz CT molecular complexity index is 719. The minimum absolute atomic E-state index is 0. The maximum Gasteiger partial charge on any atom is 0.239 e. The van der Waals surface area contributed by atoms with Gasteiger partial charge in [-0.3, -0.25) is 4.79 Å². The summed E-state index contributed by atoms with van der Waals surface area (Å²) in [5.41, 5.74) is 6.45. The third-order valence-electron chi connectivity index (χ3n) is 3.50. The predicted molar refractivity (Wildman–Crippen MR) is 113 cm³/mol. The number of para-hydroxylation sites is 2. The molecule has 28 heavy (non-hydrogen) atoms. The van der Waals surface area contributed by atoms with Crippen molar-refractivity contribution < 1.29 is 19.0 Å². The largest absolute Gasteiger partial charge is 0.490 e. The number of nitrogens with two attached hydrogens (primary N) is 1. The van der Waals surface area contributed by atoms with Crippen molar-refractivity contribution in [3.63, 3.8) is 0 Å². The molecule has 0 aliphatic heterocycles. The van der Waals surface area contributed by atoms with Gasteiger partial charge in [0.25, 0.3) is 0 Å². The minimum atomic E-state index is -0.718. The fraction of sp³-hybridized carbons (Fsp3) is 0.368. The third-order valence-corrected chi connectivity index (χ3v) is 3.50. The van der Waals surface area contributed by atoms with Gasteiger partial charge in [-0.15, -0.1) is 24.8 Å². The van der Waals surface area contributed by atoms with Crippen LogP contribution in [0.2, 0.25) is 0 Å². The minimum Gasteiger partial charge on any atom is -0.490 e. The number of aromatic nitrogens is 1. The number of benzene rings is 1. The molecule has 1 atom stereocenters. The zero-order chi connectivity index (χ0) is 18.8. The number of amides is 1. The summed E-state index contributed by atoms with van der Waals surface area (Å²) in [6, 6.07) is 10.3. The Morgan fingerprint density at radius 1 is 1.18 bits per heavy atom. The van der Waals surface area contributed by atoms with Crippen LogP contribution in [0.5, 0.6) is 17.4 Å². The van der Waals surface area contributed by atoms with Gasteiger partial charge in [-0.25, -0.2) is 4.98 Å². The van der Waals surface area contributed by atoms with Crippen LogP contribution in [-0.4, -0.2) is 37.3 Å². The number of nitrogens with one attached hydrogen (secondary N) is 1. The number of methoxy groups -OCH3 is 1. The van der Waals surface area contributed by atoms with Crippen LogP contribution < -0.4 is 20.5 Å². The monoisotopic (exact) mass is 431 g/mol. The normalized spacial score (nSPS) is 10.8. The number of carbonyl (C=O) groups excluding carboxylic acids is 1. The van der Waals surface area contributed by atoms with E-state index in [1.807, 2.05) is 37.3 Å². The Labute approximate surface area is 177 Å². The summed E-state index contributed by atoms with van der Waals surface area (Å²) in [5.74, 6) is 1.33. The van der Waals surface area contributed by atoms with Crippen LogP contribution in [0.1, 0.15) is 18.9 Å². The lowest BCUT2D eigenvalue weighted by atomic mass is 10.2. The lowest BCUT2D eigenvalue weighted by Gasteiger charge is -2.15. The van der Waals surface area contributed by atoms with Crippen LogP contribution in [0.4, 0.5) is 0 Å². The number of carbonyl (C=O) groups is 1. The third kappa shape index (κ3) is 7.90. The first-order chi connectivity index (χ1) is 12.7. The Morgan fingerprint density at radius 3 is 2.57 bits per heavy atom. The summed E-state index contributed by atoms with van der Waals surface area (Å²) in [5, 5.41) is 2.76. The molecule has 0 aliphatic rings. The van der Waals surface area contributed by atoms with Gasteiger partial charge in [0.2, 0.25) is 11.8 Å². The molecule has 1 amide bonds. The van der Waals surface area contributed by atoms with E-state index in [9.17, 15) is 4.79 Å². The zero-order valence-corrected chi connectivity index (χ0v) is 17.6. The number of pyridine rings is 1. The molecule has 1 aromatic carbocycles. The number of hydrogen-bond donors (Lipinski definition) is 2. The SMILES string of the molecule is CCCOc1ccccc1Oc1ncccc1CNC(=O)C(N)COC.Cl.Cl. The van der Waals surface area contributed by atoms with Crippen molar-refractivity contribution in [1.29, 1.82) is 0 Å². The van der Waals surface area contributed by atoms with Crippen LogP contribution in [0.25, 0.3) is 0 Å².